The highest BCUT2D eigenvalue weighted by Gasteiger charge is 2.21. The molecule has 1 aliphatic rings. The molecule has 9 nitrogen and oxygen atoms in total. The lowest BCUT2D eigenvalue weighted by Crippen LogP contribution is -2.38. The van der Waals surface area contributed by atoms with Crippen LogP contribution in [-0.2, 0) is 20.3 Å². The van der Waals surface area contributed by atoms with Crippen LogP contribution in [0.25, 0.3) is 22.0 Å². The van der Waals surface area contributed by atoms with Gasteiger partial charge in [0.1, 0.15) is 11.6 Å². The molecule has 5 rings (SSSR count). The number of methoxy groups -OCH3 is 1. The average Bonchev–Trinajstić information content (AvgIpc) is 2.97. The summed E-state index contributed by atoms with van der Waals surface area (Å²) in [6, 6.07) is 12.2. The zero-order chi connectivity index (χ0) is 28.8. The molecule has 0 aliphatic carbocycles. The second-order valence-electron chi connectivity index (χ2n) is 10.2. The summed E-state index contributed by atoms with van der Waals surface area (Å²) in [5.41, 5.74) is 2.22. The molecule has 4 aromatic rings. The number of sulfone groups is 1. The van der Waals surface area contributed by atoms with Gasteiger partial charge in [0.15, 0.2) is 9.84 Å². The number of hydrogen-bond donors (Lipinski definition) is 2. The number of hydrogen-bond acceptors (Lipinski definition) is 9. The van der Waals surface area contributed by atoms with Gasteiger partial charge in [0, 0.05) is 49.6 Å². The van der Waals surface area contributed by atoms with E-state index in [0.717, 1.165) is 31.5 Å². The molecule has 2 N–H and O–H groups in total. The average molecular weight is 580 g/mol. The molecule has 3 heterocycles. The minimum atomic E-state index is -3.56. The normalized spacial score (nSPS) is 15.6. The van der Waals surface area contributed by atoms with E-state index in [-0.39, 0.29) is 17.4 Å². The maximum absolute atomic E-state index is 15.0. The van der Waals surface area contributed by atoms with Crippen molar-refractivity contribution in [2.75, 3.05) is 37.9 Å². The first kappa shape index (κ1) is 28.8. The summed E-state index contributed by atoms with van der Waals surface area (Å²) >= 11 is 0. The van der Waals surface area contributed by atoms with E-state index in [4.69, 9.17) is 14.5 Å². The standard InChI is InChI=1S/C30H34FN5O4S/c1-20-8-9-22-23(10-11-26(31)25(22)19-41(37,38)17-5-16-39-2)28(20)40-29-24(7-4-14-33-29)27-12-15-34-30(36-27)35-21-6-3-13-32-18-21/h4,7-12,14-15,21,32H,3,5-6,13,16-19H2,1-2H3,(H,34,35,36)/t21-/m0/s1. The highest BCUT2D eigenvalue weighted by molar-refractivity contribution is 7.90. The number of benzene rings is 2. The van der Waals surface area contributed by atoms with Crippen LogP contribution < -0.4 is 15.4 Å². The van der Waals surface area contributed by atoms with Crippen LogP contribution in [0.5, 0.6) is 11.6 Å². The molecule has 1 fully saturated rings. The zero-order valence-electron chi connectivity index (χ0n) is 23.2. The van der Waals surface area contributed by atoms with Crippen molar-refractivity contribution in [1.82, 2.24) is 20.3 Å². The van der Waals surface area contributed by atoms with Gasteiger partial charge in [-0.15, -0.1) is 0 Å². The molecule has 1 saturated heterocycles. The van der Waals surface area contributed by atoms with E-state index in [1.165, 1.54) is 13.2 Å². The number of rotatable bonds is 11. The molecule has 0 saturated carbocycles. The Morgan fingerprint density at radius 3 is 2.76 bits per heavy atom. The van der Waals surface area contributed by atoms with Crippen molar-refractivity contribution >= 4 is 26.6 Å². The van der Waals surface area contributed by atoms with Gasteiger partial charge in [0.2, 0.25) is 11.8 Å². The lowest BCUT2D eigenvalue weighted by atomic mass is 10.0. The number of anilines is 1. The Morgan fingerprint density at radius 1 is 1.10 bits per heavy atom. The first-order chi connectivity index (χ1) is 19.8. The van der Waals surface area contributed by atoms with E-state index >= 15 is 4.39 Å². The number of ether oxygens (including phenoxy) is 2. The van der Waals surface area contributed by atoms with Crippen molar-refractivity contribution in [3.8, 4) is 22.9 Å². The molecule has 0 radical (unpaired) electrons. The van der Waals surface area contributed by atoms with Gasteiger partial charge in [-0.2, -0.15) is 0 Å². The quantitative estimate of drug-likeness (QED) is 0.236. The molecule has 0 unspecified atom stereocenters. The number of halogens is 1. The van der Waals surface area contributed by atoms with Crippen LogP contribution in [0.2, 0.25) is 0 Å². The highest BCUT2D eigenvalue weighted by Crippen LogP contribution is 2.38. The zero-order valence-corrected chi connectivity index (χ0v) is 24.0. The van der Waals surface area contributed by atoms with E-state index in [1.807, 2.05) is 13.0 Å². The van der Waals surface area contributed by atoms with E-state index in [9.17, 15) is 8.42 Å². The van der Waals surface area contributed by atoms with Crippen molar-refractivity contribution in [2.24, 2.45) is 0 Å². The van der Waals surface area contributed by atoms with Crippen molar-refractivity contribution in [1.29, 1.82) is 0 Å². The van der Waals surface area contributed by atoms with E-state index in [0.29, 0.717) is 52.6 Å². The van der Waals surface area contributed by atoms with Gasteiger partial charge < -0.3 is 20.1 Å². The summed E-state index contributed by atoms with van der Waals surface area (Å²) in [6.07, 6.45) is 5.81. The number of pyridine rings is 1. The first-order valence-electron chi connectivity index (χ1n) is 13.7. The molecule has 0 amide bonds. The van der Waals surface area contributed by atoms with E-state index in [2.05, 4.69) is 20.6 Å². The number of aryl methyl sites for hydroxylation is 1. The molecule has 11 heteroatoms. The molecule has 1 aliphatic heterocycles. The maximum atomic E-state index is 15.0. The molecule has 0 spiro atoms. The van der Waals surface area contributed by atoms with Gasteiger partial charge in [0.25, 0.3) is 0 Å². The third-order valence-electron chi connectivity index (χ3n) is 7.10. The third kappa shape index (κ3) is 6.98. The van der Waals surface area contributed by atoms with Crippen LogP contribution in [0, 0.1) is 12.7 Å². The summed E-state index contributed by atoms with van der Waals surface area (Å²) in [5.74, 6) is 0.251. The molecule has 41 heavy (non-hydrogen) atoms. The number of aromatic nitrogens is 3. The van der Waals surface area contributed by atoms with Crippen molar-refractivity contribution in [3.63, 3.8) is 0 Å². The van der Waals surface area contributed by atoms with E-state index < -0.39 is 21.4 Å². The first-order valence-corrected chi connectivity index (χ1v) is 15.5. The SMILES string of the molecule is COCCCS(=O)(=O)Cc1c(F)ccc2c(Oc3ncccc3-c3ccnc(N[C@H]4CCCNC4)n3)c(C)ccc12. The van der Waals surface area contributed by atoms with Gasteiger partial charge in [-0.25, -0.2) is 27.8 Å². The van der Waals surface area contributed by atoms with Crippen LogP contribution in [0.15, 0.2) is 54.9 Å². The number of nitrogens with one attached hydrogen (secondary N) is 2. The Hall–Kier alpha value is -3.67. The maximum Gasteiger partial charge on any atom is 0.228 e. The second-order valence-corrected chi connectivity index (χ2v) is 12.4. The molecule has 0 bridgehead atoms. The van der Waals surface area contributed by atoms with Crippen LogP contribution in [-0.4, -0.2) is 62.0 Å². The van der Waals surface area contributed by atoms with Gasteiger partial charge >= 0.3 is 0 Å². The largest absolute Gasteiger partial charge is 0.437 e. The summed E-state index contributed by atoms with van der Waals surface area (Å²) < 4.78 is 52.0. The Balaban J connectivity index is 1.48. The number of piperidine rings is 1. The minimum absolute atomic E-state index is 0.0871. The molecule has 2 aromatic carbocycles. The lowest BCUT2D eigenvalue weighted by Gasteiger charge is -2.23. The van der Waals surface area contributed by atoms with Crippen LogP contribution in [0.1, 0.15) is 30.4 Å². The second kappa shape index (κ2) is 12.9. The summed E-state index contributed by atoms with van der Waals surface area (Å²) in [6.45, 7) is 4.07. The summed E-state index contributed by atoms with van der Waals surface area (Å²) in [5, 5.41) is 7.86. The topological polar surface area (TPSA) is 115 Å². The number of fused-ring (bicyclic) bond motifs is 1. The highest BCUT2D eigenvalue weighted by atomic mass is 32.2. The van der Waals surface area contributed by atoms with Gasteiger partial charge in [-0.05, 0) is 74.0 Å². The predicted molar refractivity (Wildman–Crippen MR) is 157 cm³/mol. The monoisotopic (exact) mass is 579 g/mol. The fourth-order valence-corrected chi connectivity index (χ4v) is 6.46. The minimum Gasteiger partial charge on any atom is -0.437 e. The molecule has 216 valence electrons. The summed E-state index contributed by atoms with van der Waals surface area (Å²) in [4.78, 5) is 13.6. The van der Waals surface area contributed by atoms with Crippen molar-refractivity contribution in [3.05, 3.63) is 71.8 Å². The Bertz CT molecular complexity index is 1630. The predicted octanol–water partition coefficient (Wildman–Crippen LogP) is 5.05. The Morgan fingerprint density at radius 2 is 1.95 bits per heavy atom. The van der Waals surface area contributed by atoms with Gasteiger partial charge in [-0.3, -0.25) is 0 Å². The molecular formula is C30H34FN5O4S. The number of nitrogens with zero attached hydrogens (tertiary/aromatic N) is 3. The molecular weight excluding hydrogens is 545 g/mol. The summed E-state index contributed by atoms with van der Waals surface area (Å²) in [7, 11) is -2.04. The van der Waals surface area contributed by atoms with E-state index in [1.54, 1.807) is 42.7 Å². The van der Waals surface area contributed by atoms with Crippen LogP contribution in [0.4, 0.5) is 10.3 Å². The fourth-order valence-electron chi connectivity index (χ4n) is 5.02. The smallest absolute Gasteiger partial charge is 0.228 e. The van der Waals surface area contributed by atoms with Crippen LogP contribution in [0.3, 0.4) is 0 Å². The van der Waals surface area contributed by atoms with Gasteiger partial charge in [0.05, 0.1) is 22.8 Å². The lowest BCUT2D eigenvalue weighted by molar-refractivity contribution is 0.199. The van der Waals surface area contributed by atoms with Crippen molar-refractivity contribution < 1.29 is 22.3 Å². The van der Waals surface area contributed by atoms with Gasteiger partial charge in [-0.1, -0.05) is 12.1 Å². The third-order valence-corrected chi connectivity index (χ3v) is 8.74. The Kier molecular flexibility index (Phi) is 9.06. The fraction of sp³-hybridized carbons (Fsp3) is 0.367. The molecule has 2 aromatic heterocycles. The van der Waals surface area contributed by atoms with Crippen molar-refractivity contribution in [2.45, 2.75) is 38.0 Å². The molecule has 1 atom stereocenters. The van der Waals surface area contributed by atoms with Crippen LogP contribution >= 0.6 is 0 Å². The Labute approximate surface area is 239 Å².